The summed E-state index contributed by atoms with van der Waals surface area (Å²) < 4.78 is 1.15. The molecule has 0 atom stereocenters. The Kier molecular flexibility index (Phi) is 5.99. The summed E-state index contributed by atoms with van der Waals surface area (Å²) in [7, 11) is 3.93. The molecule has 5 heteroatoms. The van der Waals surface area contributed by atoms with Gasteiger partial charge in [-0.05, 0) is 59.7 Å². The maximum Gasteiger partial charge on any atom is 0.0890 e. The van der Waals surface area contributed by atoms with Gasteiger partial charge in [-0.2, -0.15) is 0 Å². The van der Waals surface area contributed by atoms with E-state index < -0.39 is 0 Å². The largest absolute Gasteiger partial charge is 0.404 e. The zero-order valence-corrected chi connectivity index (χ0v) is 17.0. The van der Waals surface area contributed by atoms with Crippen molar-refractivity contribution in [2.24, 2.45) is 5.73 Å². The summed E-state index contributed by atoms with van der Waals surface area (Å²) in [6, 6.07) is 12.2. The first kappa shape index (κ1) is 19.2. The second kappa shape index (κ2) is 8.42. The van der Waals surface area contributed by atoms with E-state index in [1.165, 1.54) is 5.56 Å². The van der Waals surface area contributed by atoms with E-state index in [4.69, 9.17) is 17.3 Å². The predicted molar refractivity (Wildman–Crippen MR) is 118 cm³/mol. The van der Waals surface area contributed by atoms with Crippen LogP contribution in [0.15, 0.2) is 78.1 Å². The van der Waals surface area contributed by atoms with Crippen molar-refractivity contribution in [2.45, 2.75) is 6.42 Å². The van der Waals surface area contributed by atoms with Gasteiger partial charge >= 0.3 is 0 Å². The Balaban J connectivity index is 1.97. The van der Waals surface area contributed by atoms with Crippen LogP contribution >= 0.6 is 22.9 Å². The predicted octanol–water partition coefficient (Wildman–Crippen LogP) is 5.63. The molecule has 3 nitrogen and oxygen atoms in total. The van der Waals surface area contributed by atoms with Crippen molar-refractivity contribution in [1.82, 2.24) is 9.88 Å². The number of allylic oxidation sites excluding steroid dienone is 3. The van der Waals surface area contributed by atoms with E-state index in [1.807, 2.05) is 54.9 Å². The first-order valence-electron chi connectivity index (χ1n) is 8.55. The standard InChI is InChI=1S/C22H22ClN3S/c1-15(26(2)3)7-8-16(13-24)9-17-10-20(18-5-4-6-19(23)12-18)22-21(11-17)27-14-25-22/h4-8,10-14H,1,9,24H2,2-3H3/b8-7-,16-13+. The molecule has 0 spiro atoms. The van der Waals surface area contributed by atoms with E-state index in [-0.39, 0.29) is 0 Å². The lowest BCUT2D eigenvalue weighted by Crippen LogP contribution is -2.07. The van der Waals surface area contributed by atoms with Crippen molar-refractivity contribution < 1.29 is 0 Å². The normalized spacial score (nSPS) is 12.0. The Morgan fingerprint density at radius 3 is 2.78 bits per heavy atom. The van der Waals surface area contributed by atoms with Crippen LogP contribution in [0.25, 0.3) is 21.3 Å². The molecule has 2 N–H and O–H groups in total. The van der Waals surface area contributed by atoms with Crippen LogP contribution in [0.4, 0.5) is 0 Å². The van der Waals surface area contributed by atoms with Crippen molar-refractivity contribution in [2.75, 3.05) is 14.1 Å². The Bertz CT molecular complexity index is 1030. The molecule has 0 saturated heterocycles. The molecular formula is C22H22ClN3S. The van der Waals surface area contributed by atoms with Gasteiger partial charge in [-0.1, -0.05) is 36.4 Å². The highest BCUT2D eigenvalue weighted by atomic mass is 35.5. The van der Waals surface area contributed by atoms with Crippen molar-refractivity contribution in [3.63, 3.8) is 0 Å². The zero-order valence-electron chi connectivity index (χ0n) is 15.4. The second-order valence-electron chi connectivity index (χ2n) is 6.49. The minimum Gasteiger partial charge on any atom is -0.404 e. The molecule has 0 saturated carbocycles. The van der Waals surface area contributed by atoms with E-state index >= 15 is 0 Å². The third-order valence-corrected chi connectivity index (χ3v) is 5.33. The molecule has 0 bridgehead atoms. The van der Waals surface area contributed by atoms with Gasteiger partial charge in [0.15, 0.2) is 0 Å². The Labute approximate surface area is 169 Å². The number of thiazole rings is 1. The van der Waals surface area contributed by atoms with Crippen LogP contribution in [0.2, 0.25) is 5.02 Å². The monoisotopic (exact) mass is 395 g/mol. The maximum absolute atomic E-state index is 6.20. The van der Waals surface area contributed by atoms with Crippen molar-refractivity contribution in [1.29, 1.82) is 0 Å². The lowest BCUT2D eigenvalue weighted by molar-refractivity contribution is 0.532. The average Bonchev–Trinajstić information content (AvgIpc) is 3.12. The van der Waals surface area contributed by atoms with Crippen LogP contribution in [0.5, 0.6) is 0 Å². The molecular weight excluding hydrogens is 374 g/mol. The average molecular weight is 396 g/mol. The zero-order chi connectivity index (χ0) is 19.4. The summed E-state index contributed by atoms with van der Waals surface area (Å²) in [5, 5.41) is 0.717. The molecule has 2 aromatic carbocycles. The third-order valence-electron chi connectivity index (χ3n) is 4.32. The van der Waals surface area contributed by atoms with Gasteiger partial charge in [0.2, 0.25) is 0 Å². The number of hydrogen-bond donors (Lipinski definition) is 1. The number of nitrogens with two attached hydrogens (primary N) is 1. The van der Waals surface area contributed by atoms with E-state index in [2.05, 4.69) is 29.8 Å². The quantitative estimate of drug-likeness (QED) is 0.549. The summed E-state index contributed by atoms with van der Waals surface area (Å²) in [5.41, 5.74) is 14.0. The number of rotatable bonds is 6. The highest BCUT2D eigenvalue weighted by molar-refractivity contribution is 7.16. The van der Waals surface area contributed by atoms with Gasteiger partial charge in [0, 0.05) is 30.4 Å². The van der Waals surface area contributed by atoms with Gasteiger partial charge in [-0.25, -0.2) is 4.98 Å². The van der Waals surface area contributed by atoms with Gasteiger partial charge in [0.05, 0.1) is 15.7 Å². The maximum atomic E-state index is 6.20. The number of hydrogen-bond acceptors (Lipinski definition) is 4. The van der Waals surface area contributed by atoms with Crippen LogP contribution in [0.3, 0.4) is 0 Å². The van der Waals surface area contributed by atoms with Gasteiger partial charge in [-0.15, -0.1) is 11.3 Å². The molecule has 1 heterocycles. The molecule has 138 valence electrons. The molecule has 1 aromatic heterocycles. The number of nitrogens with zero attached hydrogens (tertiary/aromatic N) is 2. The fourth-order valence-corrected chi connectivity index (χ4v) is 3.72. The van der Waals surface area contributed by atoms with Gasteiger partial charge in [0.25, 0.3) is 0 Å². The van der Waals surface area contributed by atoms with Crippen molar-refractivity contribution >= 4 is 33.2 Å². The van der Waals surface area contributed by atoms with Gasteiger partial charge < -0.3 is 10.6 Å². The summed E-state index contributed by atoms with van der Waals surface area (Å²) in [4.78, 5) is 6.51. The van der Waals surface area contributed by atoms with Crippen molar-refractivity contribution in [3.05, 3.63) is 88.7 Å². The van der Waals surface area contributed by atoms with E-state index in [0.29, 0.717) is 5.02 Å². The Morgan fingerprint density at radius 1 is 1.26 bits per heavy atom. The third kappa shape index (κ3) is 4.59. The number of fused-ring (bicyclic) bond motifs is 1. The van der Waals surface area contributed by atoms with Crippen LogP contribution in [0.1, 0.15) is 5.56 Å². The number of halogens is 1. The van der Waals surface area contributed by atoms with Crippen LogP contribution in [-0.4, -0.2) is 24.0 Å². The van der Waals surface area contributed by atoms with E-state index in [9.17, 15) is 0 Å². The molecule has 27 heavy (non-hydrogen) atoms. The lowest BCUT2D eigenvalue weighted by atomic mass is 9.98. The topological polar surface area (TPSA) is 42.1 Å². The molecule has 0 fully saturated rings. The lowest BCUT2D eigenvalue weighted by Gasteiger charge is -2.12. The molecule has 3 rings (SSSR count). The summed E-state index contributed by atoms with van der Waals surface area (Å²) in [6.07, 6.45) is 6.37. The molecule has 0 radical (unpaired) electrons. The van der Waals surface area contributed by atoms with Crippen LogP contribution < -0.4 is 5.73 Å². The molecule has 0 aliphatic heterocycles. The Hall–Kier alpha value is -2.56. The smallest absolute Gasteiger partial charge is 0.0890 e. The molecule has 0 aliphatic carbocycles. The fraction of sp³-hybridized carbons (Fsp3) is 0.136. The molecule has 3 aromatic rings. The van der Waals surface area contributed by atoms with Crippen LogP contribution in [0, 0.1) is 0 Å². The van der Waals surface area contributed by atoms with Crippen molar-refractivity contribution in [3.8, 4) is 11.1 Å². The van der Waals surface area contributed by atoms with Crippen LogP contribution in [-0.2, 0) is 6.42 Å². The molecule has 0 unspecified atom stereocenters. The van der Waals surface area contributed by atoms with Gasteiger partial charge in [-0.3, -0.25) is 0 Å². The molecule has 0 aliphatic rings. The molecule has 0 amide bonds. The number of benzene rings is 2. The minimum absolute atomic E-state index is 0.717. The van der Waals surface area contributed by atoms with E-state index in [0.717, 1.165) is 39.0 Å². The number of likely N-dealkylation sites (N-methyl/N-ethyl adjacent to an activating group) is 1. The summed E-state index contributed by atoms with van der Waals surface area (Å²) >= 11 is 7.84. The SMILES string of the molecule is C=C(/C=C\C(=C/N)Cc1cc(-c2cccc(Cl)c2)c2ncsc2c1)N(C)C. The highest BCUT2D eigenvalue weighted by Crippen LogP contribution is 2.33. The number of aromatic nitrogens is 1. The Morgan fingerprint density at radius 2 is 2.07 bits per heavy atom. The summed E-state index contributed by atoms with van der Waals surface area (Å²) in [5.74, 6) is 0. The highest BCUT2D eigenvalue weighted by Gasteiger charge is 2.10. The van der Waals surface area contributed by atoms with E-state index in [1.54, 1.807) is 17.5 Å². The van der Waals surface area contributed by atoms with Gasteiger partial charge in [0.1, 0.15) is 0 Å². The second-order valence-corrected chi connectivity index (χ2v) is 7.81. The first-order valence-corrected chi connectivity index (χ1v) is 9.81. The minimum atomic E-state index is 0.717. The summed E-state index contributed by atoms with van der Waals surface area (Å²) in [6.45, 7) is 4.02. The first-order chi connectivity index (χ1) is 13.0. The fourth-order valence-electron chi connectivity index (χ4n) is 2.76.